The highest BCUT2D eigenvalue weighted by molar-refractivity contribution is 7.99. The number of hydrogen-bond acceptors (Lipinski definition) is 4. The molecule has 0 saturated heterocycles. The standard InChI is InChI=1S/C15H11FN4O3S/c16-9-1-3-10(4-2-9)17-14(21)8-24-15-18-12-6-5-11(20(22)23)7-13(12)19-15/h1-7H,8H2,(H,17,21)(H,18,19)/p+1. The van der Waals surface area contributed by atoms with Crippen molar-refractivity contribution in [3.8, 4) is 0 Å². The van der Waals surface area contributed by atoms with Gasteiger partial charge in [0.25, 0.3) is 5.69 Å². The van der Waals surface area contributed by atoms with Crippen LogP contribution in [0.15, 0.2) is 47.6 Å². The van der Waals surface area contributed by atoms with E-state index in [2.05, 4.69) is 15.3 Å². The Balaban J connectivity index is 1.63. The molecule has 9 heteroatoms. The Morgan fingerprint density at radius 1 is 1.29 bits per heavy atom. The van der Waals surface area contributed by atoms with Gasteiger partial charge in [-0.3, -0.25) is 14.9 Å². The Kier molecular flexibility index (Phi) is 4.43. The number of H-pyrrole nitrogens is 2. The van der Waals surface area contributed by atoms with Gasteiger partial charge in [-0.2, -0.15) is 0 Å². The fraction of sp³-hybridized carbons (Fsp3) is 0.0667. The summed E-state index contributed by atoms with van der Waals surface area (Å²) in [5.74, 6) is -0.489. The normalized spacial score (nSPS) is 10.7. The van der Waals surface area contributed by atoms with Crippen molar-refractivity contribution in [1.29, 1.82) is 0 Å². The molecule has 7 nitrogen and oxygen atoms in total. The van der Waals surface area contributed by atoms with Crippen LogP contribution in [0.1, 0.15) is 0 Å². The van der Waals surface area contributed by atoms with Crippen LogP contribution in [0.4, 0.5) is 15.8 Å². The Labute approximate surface area is 139 Å². The van der Waals surface area contributed by atoms with Crippen LogP contribution in [0, 0.1) is 15.9 Å². The first kappa shape index (κ1) is 15.9. The number of carbonyl (C=O) groups is 1. The number of amides is 1. The summed E-state index contributed by atoms with van der Waals surface area (Å²) in [4.78, 5) is 28.2. The van der Waals surface area contributed by atoms with Gasteiger partial charge in [-0.15, -0.1) is 0 Å². The minimum Gasteiger partial charge on any atom is -0.325 e. The number of rotatable bonds is 5. The zero-order valence-electron chi connectivity index (χ0n) is 12.2. The fourth-order valence-electron chi connectivity index (χ4n) is 2.07. The molecule has 0 aliphatic carbocycles. The van der Waals surface area contributed by atoms with Gasteiger partial charge in [0.05, 0.1) is 16.7 Å². The number of nitrogens with one attached hydrogen (secondary N) is 3. The summed E-state index contributed by atoms with van der Waals surface area (Å²) in [6.07, 6.45) is 0. The molecule has 0 spiro atoms. The average Bonchev–Trinajstić information content (AvgIpc) is 2.97. The first-order valence-electron chi connectivity index (χ1n) is 6.89. The van der Waals surface area contributed by atoms with Crippen LogP contribution < -0.4 is 10.3 Å². The van der Waals surface area contributed by atoms with Crippen LogP contribution >= 0.6 is 11.8 Å². The molecular formula is C15H12FN4O3S+. The lowest BCUT2D eigenvalue weighted by Crippen LogP contribution is -2.15. The topological polar surface area (TPSA) is 102 Å². The van der Waals surface area contributed by atoms with E-state index in [-0.39, 0.29) is 23.2 Å². The van der Waals surface area contributed by atoms with Crippen LogP contribution in [0.3, 0.4) is 0 Å². The first-order chi connectivity index (χ1) is 11.5. The number of fused-ring (bicyclic) bond motifs is 1. The molecule has 1 amide bonds. The SMILES string of the molecule is O=C(CSc1[nH]c2cc([N+](=O)[O-])ccc2[nH+]1)Nc1ccc(F)cc1. The highest BCUT2D eigenvalue weighted by Crippen LogP contribution is 2.20. The second-order valence-corrected chi connectivity index (χ2v) is 5.90. The van der Waals surface area contributed by atoms with Crippen LogP contribution in [0.2, 0.25) is 0 Å². The molecule has 0 aliphatic heterocycles. The molecule has 0 saturated carbocycles. The summed E-state index contributed by atoms with van der Waals surface area (Å²) < 4.78 is 12.8. The minimum absolute atomic E-state index is 0.0108. The molecule has 0 unspecified atom stereocenters. The molecule has 122 valence electrons. The summed E-state index contributed by atoms with van der Waals surface area (Å²) in [6, 6.07) is 9.92. The molecule has 3 N–H and O–H groups in total. The van der Waals surface area contributed by atoms with Crippen molar-refractivity contribution in [3.05, 3.63) is 58.4 Å². The average molecular weight is 347 g/mol. The van der Waals surface area contributed by atoms with Gasteiger partial charge in [0.1, 0.15) is 5.82 Å². The molecule has 0 radical (unpaired) electrons. The number of thioether (sulfide) groups is 1. The molecule has 2 aromatic carbocycles. The zero-order chi connectivity index (χ0) is 17.1. The molecule has 0 atom stereocenters. The molecule has 1 heterocycles. The number of imidazole rings is 1. The van der Waals surface area contributed by atoms with Crippen molar-refractivity contribution in [2.75, 3.05) is 11.1 Å². The number of benzene rings is 2. The molecule has 24 heavy (non-hydrogen) atoms. The van der Waals surface area contributed by atoms with Crippen LogP contribution in [0.25, 0.3) is 11.0 Å². The van der Waals surface area contributed by atoms with Crippen molar-refractivity contribution >= 4 is 40.1 Å². The van der Waals surface area contributed by atoms with E-state index in [0.29, 0.717) is 21.9 Å². The van der Waals surface area contributed by atoms with Gasteiger partial charge in [0, 0.05) is 11.8 Å². The maximum absolute atomic E-state index is 12.8. The van der Waals surface area contributed by atoms with Crippen molar-refractivity contribution in [3.63, 3.8) is 0 Å². The van der Waals surface area contributed by atoms with Gasteiger partial charge >= 0.3 is 5.16 Å². The summed E-state index contributed by atoms with van der Waals surface area (Å²) in [5.41, 5.74) is 1.80. The van der Waals surface area contributed by atoms with Gasteiger partial charge in [0.15, 0.2) is 11.0 Å². The Morgan fingerprint density at radius 3 is 2.75 bits per heavy atom. The molecule has 0 fully saturated rings. The van der Waals surface area contributed by atoms with E-state index in [9.17, 15) is 19.3 Å². The van der Waals surface area contributed by atoms with E-state index in [1.807, 2.05) is 0 Å². The van der Waals surface area contributed by atoms with Crippen molar-refractivity contribution in [1.82, 2.24) is 4.98 Å². The van der Waals surface area contributed by atoms with Gasteiger partial charge in [-0.05, 0) is 42.1 Å². The molecule has 0 bridgehead atoms. The van der Waals surface area contributed by atoms with E-state index >= 15 is 0 Å². The largest absolute Gasteiger partial charge is 0.325 e. The summed E-state index contributed by atoms with van der Waals surface area (Å²) in [7, 11) is 0. The molecule has 0 aliphatic rings. The monoisotopic (exact) mass is 347 g/mol. The number of nitro benzene ring substituents is 1. The van der Waals surface area contributed by atoms with Crippen molar-refractivity contribution in [2.45, 2.75) is 5.16 Å². The van der Waals surface area contributed by atoms with E-state index in [1.165, 1.54) is 48.2 Å². The summed E-state index contributed by atoms with van der Waals surface area (Å²) >= 11 is 1.22. The molecule has 1 aromatic heterocycles. The van der Waals surface area contributed by atoms with Crippen LogP contribution in [-0.2, 0) is 4.79 Å². The predicted molar refractivity (Wildman–Crippen MR) is 87.3 cm³/mol. The maximum Gasteiger partial charge on any atom is 0.315 e. The summed E-state index contributed by atoms with van der Waals surface area (Å²) in [5, 5.41) is 14.0. The molecule has 3 aromatic rings. The number of nitrogens with zero attached hydrogens (tertiary/aromatic N) is 1. The minimum atomic E-state index is -0.469. The number of non-ortho nitro benzene ring substituents is 1. The second kappa shape index (κ2) is 6.67. The number of aromatic amines is 2. The Bertz CT molecular complexity index is 911. The highest BCUT2D eigenvalue weighted by atomic mass is 32.2. The quantitative estimate of drug-likeness (QED) is 0.421. The lowest BCUT2D eigenvalue weighted by Gasteiger charge is -2.02. The van der Waals surface area contributed by atoms with Gasteiger partial charge in [-0.1, -0.05) is 0 Å². The maximum atomic E-state index is 12.8. The van der Waals surface area contributed by atoms with Crippen molar-refractivity contribution < 1.29 is 19.1 Å². The van der Waals surface area contributed by atoms with E-state index < -0.39 is 4.92 Å². The number of hydrogen-bond donors (Lipinski definition) is 2. The molecule has 3 rings (SSSR count). The Morgan fingerprint density at radius 2 is 2.04 bits per heavy atom. The highest BCUT2D eigenvalue weighted by Gasteiger charge is 2.16. The third kappa shape index (κ3) is 3.69. The van der Waals surface area contributed by atoms with E-state index in [4.69, 9.17) is 0 Å². The van der Waals surface area contributed by atoms with Crippen molar-refractivity contribution in [2.24, 2.45) is 0 Å². The number of halogens is 1. The number of anilines is 1. The van der Waals surface area contributed by atoms with Gasteiger partial charge in [0.2, 0.25) is 5.91 Å². The third-order valence-electron chi connectivity index (χ3n) is 3.19. The third-order valence-corrected chi connectivity index (χ3v) is 4.09. The number of nitro groups is 1. The van der Waals surface area contributed by atoms with Gasteiger partial charge in [-0.25, -0.2) is 14.4 Å². The van der Waals surface area contributed by atoms with Gasteiger partial charge < -0.3 is 5.32 Å². The van der Waals surface area contributed by atoms with E-state index in [1.54, 1.807) is 6.07 Å². The number of aromatic nitrogens is 2. The summed E-state index contributed by atoms with van der Waals surface area (Å²) in [6.45, 7) is 0. The predicted octanol–water partition coefficient (Wildman–Crippen LogP) is 2.76. The lowest BCUT2D eigenvalue weighted by molar-refractivity contribution is -0.396. The zero-order valence-corrected chi connectivity index (χ0v) is 13.0. The second-order valence-electron chi connectivity index (χ2n) is 4.91. The van der Waals surface area contributed by atoms with Crippen LogP contribution in [0.5, 0.6) is 0 Å². The Hall–Kier alpha value is -2.94. The fourth-order valence-corrected chi connectivity index (χ4v) is 2.79. The van der Waals surface area contributed by atoms with E-state index in [0.717, 1.165) is 0 Å². The van der Waals surface area contributed by atoms with Crippen LogP contribution in [-0.4, -0.2) is 21.6 Å². The molecular weight excluding hydrogens is 335 g/mol. The smallest absolute Gasteiger partial charge is 0.315 e. The lowest BCUT2D eigenvalue weighted by atomic mass is 10.3. The first-order valence-corrected chi connectivity index (χ1v) is 7.87. The number of carbonyl (C=O) groups excluding carboxylic acids is 1.